The highest BCUT2D eigenvalue weighted by Gasteiger charge is 2.30. The zero-order valence-corrected chi connectivity index (χ0v) is 22.9. The maximum absolute atomic E-state index is 6.49. The second kappa shape index (κ2) is 11.9. The first kappa shape index (κ1) is 26.0. The van der Waals surface area contributed by atoms with Crippen LogP contribution in [0.5, 0.6) is 0 Å². The summed E-state index contributed by atoms with van der Waals surface area (Å²) >= 11 is 0. The molecular weight excluding hydrogens is 476 g/mol. The van der Waals surface area contributed by atoms with Crippen molar-refractivity contribution in [2.75, 3.05) is 50.7 Å². The lowest BCUT2D eigenvalue weighted by atomic mass is 9.97. The fraction of sp³-hybridized carbons (Fsp3) is 0.483. The summed E-state index contributed by atoms with van der Waals surface area (Å²) in [4.78, 5) is 17.1. The third kappa shape index (κ3) is 5.93. The summed E-state index contributed by atoms with van der Waals surface area (Å²) in [5.41, 5.74) is 9.65. The Balaban J connectivity index is 1.24. The van der Waals surface area contributed by atoms with Gasteiger partial charge in [0.1, 0.15) is 11.5 Å². The van der Waals surface area contributed by atoms with Gasteiger partial charge in [0.2, 0.25) is 11.9 Å². The third-order valence-corrected chi connectivity index (χ3v) is 7.69. The van der Waals surface area contributed by atoms with E-state index in [2.05, 4.69) is 58.9 Å². The van der Waals surface area contributed by atoms with Crippen molar-refractivity contribution >= 4 is 23.3 Å². The number of hydrogen-bond donors (Lipinski definition) is 1. The van der Waals surface area contributed by atoms with E-state index in [1.165, 1.54) is 12.1 Å². The summed E-state index contributed by atoms with van der Waals surface area (Å²) < 4.78 is 5.51. The number of rotatable bonds is 6. The highest BCUT2D eigenvalue weighted by Crippen LogP contribution is 2.25. The van der Waals surface area contributed by atoms with Crippen LogP contribution in [0.15, 0.2) is 79.6 Å². The Labute approximate surface area is 226 Å². The van der Waals surface area contributed by atoms with Gasteiger partial charge < -0.3 is 20.0 Å². The number of hydrogen-bond acceptors (Lipinski definition) is 9. The molecule has 0 saturated carbocycles. The van der Waals surface area contributed by atoms with E-state index in [0.717, 1.165) is 75.8 Å². The van der Waals surface area contributed by atoms with Crippen LogP contribution in [0.2, 0.25) is 0 Å². The number of furan rings is 1. The summed E-state index contributed by atoms with van der Waals surface area (Å²) in [5, 5.41) is 6.36. The van der Waals surface area contributed by atoms with Crippen molar-refractivity contribution in [3.8, 4) is 0 Å². The summed E-state index contributed by atoms with van der Waals surface area (Å²) in [6, 6.07) is 14.5. The van der Waals surface area contributed by atoms with E-state index in [1.807, 2.05) is 19.1 Å². The smallest absolute Gasteiger partial charge is 0.230 e. The van der Waals surface area contributed by atoms with Crippen LogP contribution in [-0.4, -0.2) is 78.3 Å². The molecule has 5 rings (SSSR count). The number of nitrogens with zero attached hydrogens (tertiary/aromatic N) is 7. The molecule has 38 heavy (non-hydrogen) atoms. The fourth-order valence-electron chi connectivity index (χ4n) is 5.37. The van der Waals surface area contributed by atoms with Crippen LogP contribution in [0.3, 0.4) is 0 Å². The quantitative estimate of drug-likeness (QED) is 0.580. The Morgan fingerprint density at radius 2 is 1.79 bits per heavy atom. The summed E-state index contributed by atoms with van der Waals surface area (Å²) in [5.74, 6) is 3.07. The van der Waals surface area contributed by atoms with Gasteiger partial charge >= 0.3 is 0 Å². The van der Waals surface area contributed by atoms with Gasteiger partial charge in [-0.05, 0) is 68.9 Å². The van der Waals surface area contributed by atoms with E-state index < -0.39 is 0 Å². The molecule has 3 aliphatic rings. The van der Waals surface area contributed by atoms with E-state index in [0.29, 0.717) is 23.6 Å². The summed E-state index contributed by atoms with van der Waals surface area (Å²) in [6.45, 7) is 13.5. The lowest BCUT2D eigenvalue weighted by Gasteiger charge is -2.40. The number of hydrazone groups is 1. The average molecular weight is 517 g/mol. The predicted octanol–water partition coefficient (Wildman–Crippen LogP) is 4.17. The van der Waals surface area contributed by atoms with Crippen molar-refractivity contribution < 1.29 is 4.42 Å². The molecule has 4 heterocycles. The van der Waals surface area contributed by atoms with Crippen LogP contribution in [-0.2, 0) is 0 Å². The summed E-state index contributed by atoms with van der Waals surface area (Å²) in [6.07, 6.45) is 4.86. The normalized spacial score (nSPS) is 22.9. The molecule has 0 spiro atoms. The lowest BCUT2D eigenvalue weighted by Crippen LogP contribution is -2.50. The highest BCUT2D eigenvalue weighted by molar-refractivity contribution is 6.00. The molecule has 2 fully saturated rings. The SMILES string of the molecule is CC/C(C)=C1/N=C(N2CCCC(CN3CCN(c4ccccc4)CC3)C2)N=C(N)N1/N=C(\C)c1ccco1. The monoisotopic (exact) mass is 516 g/mol. The van der Waals surface area contributed by atoms with Gasteiger partial charge in [-0.15, -0.1) is 0 Å². The number of aliphatic imine (C=N–C) groups is 2. The number of guanidine groups is 2. The van der Waals surface area contributed by atoms with Crippen LogP contribution in [0.25, 0.3) is 0 Å². The predicted molar refractivity (Wildman–Crippen MR) is 154 cm³/mol. The Kier molecular flexibility index (Phi) is 8.12. The molecule has 0 radical (unpaired) electrons. The molecule has 0 bridgehead atoms. The van der Waals surface area contributed by atoms with Crippen molar-refractivity contribution in [1.82, 2.24) is 14.8 Å². The van der Waals surface area contributed by atoms with Crippen LogP contribution >= 0.6 is 0 Å². The third-order valence-electron chi connectivity index (χ3n) is 7.69. The maximum atomic E-state index is 6.49. The molecule has 2 aromatic rings. The molecule has 2 N–H and O–H groups in total. The van der Waals surface area contributed by atoms with Gasteiger partial charge in [0.25, 0.3) is 0 Å². The largest absolute Gasteiger partial charge is 0.463 e. The minimum atomic E-state index is 0.336. The molecule has 1 unspecified atom stereocenters. The number of allylic oxidation sites excluding steroid dienone is 1. The van der Waals surface area contributed by atoms with Crippen molar-refractivity contribution in [3.05, 3.63) is 65.9 Å². The standard InChI is InChI=1S/C29H40N8O/c1-4-22(2)27-31-29(32-28(30)37(27)33-23(3)26-13-9-19-38-26)36-14-8-10-24(21-36)20-34-15-17-35(18-16-34)25-11-6-5-7-12-25/h5-7,9,11-13,19,24H,4,8,10,14-18,20-21H2,1-3H3,(H2,30,31,32)/b27-22-,33-23+. The van der Waals surface area contributed by atoms with E-state index in [1.54, 1.807) is 11.3 Å². The minimum absolute atomic E-state index is 0.336. The molecular formula is C29H40N8O. The van der Waals surface area contributed by atoms with Gasteiger partial charge in [-0.1, -0.05) is 25.1 Å². The first-order valence-electron chi connectivity index (χ1n) is 13.8. The van der Waals surface area contributed by atoms with Crippen LogP contribution < -0.4 is 10.6 Å². The first-order valence-corrected chi connectivity index (χ1v) is 13.8. The molecule has 3 aliphatic heterocycles. The van der Waals surface area contributed by atoms with Gasteiger partial charge in [-0.2, -0.15) is 20.1 Å². The second-order valence-electron chi connectivity index (χ2n) is 10.4. The molecule has 0 aliphatic carbocycles. The van der Waals surface area contributed by atoms with Gasteiger partial charge in [0.15, 0.2) is 5.82 Å². The highest BCUT2D eigenvalue weighted by atomic mass is 16.3. The topological polar surface area (TPSA) is 89.2 Å². The molecule has 202 valence electrons. The minimum Gasteiger partial charge on any atom is -0.463 e. The fourth-order valence-corrected chi connectivity index (χ4v) is 5.37. The van der Waals surface area contributed by atoms with E-state index >= 15 is 0 Å². The van der Waals surface area contributed by atoms with Crippen LogP contribution in [0.4, 0.5) is 5.69 Å². The van der Waals surface area contributed by atoms with E-state index in [4.69, 9.17) is 25.2 Å². The Morgan fingerprint density at radius 3 is 2.50 bits per heavy atom. The zero-order valence-electron chi connectivity index (χ0n) is 22.9. The van der Waals surface area contributed by atoms with Gasteiger partial charge in [-0.25, -0.2) is 0 Å². The van der Waals surface area contributed by atoms with E-state index in [-0.39, 0.29) is 0 Å². The Morgan fingerprint density at radius 1 is 1.00 bits per heavy atom. The van der Waals surface area contributed by atoms with Gasteiger partial charge in [0, 0.05) is 51.5 Å². The molecule has 1 aromatic carbocycles. The van der Waals surface area contributed by atoms with E-state index in [9.17, 15) is 0 Å². The number of benzene rings is 1. The van der Waals surface area contributed by atoms with Gasteiger partial charge in [0.05, 0.1) is 6.26 Å². The Hall–Kier alpha value is -3.59. The van der Waals surface area contributed by atoms with Crippen LogP contribution in [0, 0.1) is 5.92 Å². The Bertz CT molecular complexity index is 1190. The molecule has 1 aromatic heterocycles. The van der Waals surface area contributed by atoms with Crippen molar-refractivity contribution in [2.45, 2.75) is 40.0 Å². The number of piperazine rings is 1. The number of para-hydroxylation sites is 1. The number of nitrogens with two attached hydrogens (primary N) is 1. The maximum Gasteiger partial charge on any atom is 0.230 e. The molecule has 1 atom stereocenters. The number of piperidine rings is 1. The molecule has 2 saturated heterocycles. The first-order chi connectivity index (χ1) is 18.5. The molecule has 9 nitrogen and oxygen atoms in total. The van der Waals surface area contributed by atoms with Crippen molar-refractivity contribution in [1.29, 1.82) is 0 Å². The van der Waals surface area contributed by atoms with Crippen LogP contribution in [0.1, 0.15) is 45.8 Å². The zero-order chi connectivity index (χ0) is 26.5. The lowest BCUT2D eigenvalue weighted by molar-refractivity contribution is 0.166. The molecule has 9 heteroatoms. The summed E-state index contributed by atoms with van der Waals surface area (Å²) in [7, 11) is 0. The van der Waals surface area contributed by atoms with Crippen molar-refractivity contribution in [2.24, 2.45) is 26.7 Å². The van der Waals surface area contributed by atoms with Gasteiger partial charge in [-0.3, -0.25) is 4.90 Å². The number of anilines is 1. The van der Waals surface area contributed by atoms with Crippen molar-refractivity contribution in [3.63, 3.8) is 0 Å². The molecule has 0 amide bonds. The average Bonchev–Trinajstić information content (AvgIpc) is 3.50. The number of likely N-dealkylation sites (tertiary alicyclic amines) is 1. The second-order valence-corrected chi connectivity index (χ2v) is 10.4.